The van der Waals surface area contributed by atoms with Crippen LogP contribution in [0.2, 0.25) is 0 Å². The Morgan fingerprint density at radius 2 is 0.968 bits per heavy atom. The van der Waals surface area contributed by atoms with E-state index in [2.05, 4.69) is 114 Å². The molecule has 0 aromatic heterocycles. The summed E-state index contributed by atoms with van der Waals surface area (Å²) >= 11 is 0. The van der Waals surface area contributed by atoms with E-state index < -0.39 is 0 Å². The van der Waals surface area contributed by atoms with Crippen molar-refractivity contribution in [2.24, 2.45) is 35.5 Å². The molecule has 0 N–H and O–H groups in total. The number of hydrogen-bond acceptors (Lipinski definition) is 6. The molecule has 93 heavy (non-hydrogen) atoms. The maximum atomic E-state index is 11.2. The van der Waals surface area contributed by atoms with Crippen LogP contribution in [0.25, 0.3) is 0 Å². The molecule has 6 nitrogen and oxygen atoms in total. The summed E-state index contributed by atoms with van der Waals surface area (Å²) in [5.41, 5.74) is 1.32. The number of hydrogen-bond donors (Lipinski definition) is 0. The van der Waals surface area contributed by atoms with E-state index in [1.807, 2.05) is 32.9 Å². The van der Waals surface area contributed by atoms with Crippen LogP contribution in [0.3, 0.4) is 0 Å². The second-order valence-corrected chi connectivity index (χ2v) is 27.5. The van der Waals surface area contributed by atoms with Gasteiger partial charge < -0.3 is 23.9 Å². The van der Waals surface area contributed by atoms with Crippen molar-refractivity contribution in [3.8, 4) is 0 Å². The molecule has 4 fully saturated rings. The molecule has 4 aliphatic rings. The van der Waals surface area contributed by atoms with E-state index in [0.717, 1.165) is 88.5 Å². The first-order valence-electron chi connectivity index (χ1n) is 40.7. The minimum absolute atomic E-state index is 0.406. The summed E-state index contributed by atoms with van der Waals surface area (Å²) in [5, 5.41) is 0. The summed E-state index contributed by atoms with van der Waals surface area (Å²) in [7, 11) is 3.42. The predicted molar refractivity (Wildman–Crippen MR) is 422 cm³/mol. The summed E-state index contributed by atoms with van der Waals surface area (Å²) in [4.78, 5) is 24.0. The molecule has 4 saturated carbocycles. The first-order valence-corrected chi connectivity index (χ1v) is 40.7. The van der Waals surface area contributed by atoms with Crippen molar-refractivity contribution in [1.29, 1.82) is 0 Å². The number of carbonyl (C=O) groups excluding carboxylic acids is 2. The molecule has 0 spiro atoms. The van der Waals surface area contributed by atoms with Crippen LogP contribution in [0.15, 0.2) is 62.6 Å². The van der Waals surface area contributed by atoms with Gasteiger partial charge in [-0.1, -0.05) is 326 Å². The van der Waals surface area contributed by atoms with Crippen molar-refractivity contribution in [3.63, 3.8) is 0 Å². The molecule has 0 saturated heterocycles. The minimum Gasteiger partial charge on any atom is -0.502 e. The van der Waals surface area contributed by atoms with Crippen molar-refractivity contribution in [2.45, 2.75) is 411 Å². The van der Waals surface area contributed by atoms with Crippen LogP contribution in [0.1, 0.15) is 405 Å². The summed E-state index contributed by atoms with van der Waals surface area (Å²) in [5.74, 6) is 5.65. The lowest BCUT2D eigenvalue weighted by atomic mass is 9.85. The van der Waals surface area contributed by atoms with Crippen LogP contribution in [0.4, 0.5) is 0 Å². The van der Waals surface area contributed by atoms with Gasteiger partial charge in [0.05, 0.1) is 32.3 Å². The van der Waals surface area contributed by atoms with Gasteiger partial charge >= 0.3 is 0 Å². The average molecular weight is 1310 g/mol. The molecule has 4 aliphatic carbocycles. The number of nitrogens with zero attached hydrogens (tertiary/aromatic N) is 1. The lowest BCUT2D eigenvalue weighted by molar-refractivity contribution is -0.123. The molecular formula is C87H173NO5. The van der Waals surface area contributed by atoms with E-state index >= 15 is 0 Å². The Kier molecular flexibility index (Phi) is 95.7. The normalized spacial score (nSPS) is 15.5. The lowest BCUT2D eigenvalue weighted by Gasteiger charge is -2.28. The molecule has 0 radical (unpaired) electrons. The molecule has 0 bridgehead atoms. The van der Waals surface area contributed by atoms with Crippen molar-refractivity contribution in [1.82, 2.24) is 4.90 Å². The zero-order chi connectivity index (χ0) is 71.1. The maximum Gasteiger partial charge on any atom is 0.135 e. The quantitative estimate of drug-likeness (QED) is 0.0263. The third-order valence-corrected chi connectivity index (χ3v) is 19.0. The molecule has 556 valence electrons. The third kappa shape index (κ3) is 80.1. The molecule has 0 aromatic rings. The highest BCUT2D eigenvalue weighted by molar-refractivity contribution is 5.80. The van der Waals surface area contributed by atoms with Gasteiger partial charge in [0.1, 0.15) is 12.1 Å². The summed E-state index contributed by atoms with van der Waals surface area (Å²) in [6.07, 6.45) is 70.3. The zero-order valence-corrected chi connectivity index (χ0v) is 66.6. The first-order chi connectivity index (χ1) is 45.2. The van der Waals surface area contributed by atoms with Gasteiger partial charge in [-0.05, 0) is 134 Å². The van der Waals surface area contributed by atoms with Crippen LogP contribution in [-0.2, 0) is 23.8 Å². The van der Waals surface area contributed by atoms with E-state index in [1.54, 1.807) is 14.2 Å². The van der Waals surface area contributed by atoms with Crippen molar-refractivity contribution in [2.75, 3.05) is 40.5 Å². The van der Waals surface area contributed by atoms with Crippen LogP contribution < -0.4 is 0 Å². The summed E-state index contributed by atoms with van der Waals surface area (Å²) in [6.45, 7) is 53.3. The van der Waals surface area contributed by atoms with Gasteiger partial charge in [0, 0.05) is 37.8 Å². The number of allylic oxidation sites excluding steroid dienone is 3. The maximum absolute atomic E-state index is 11.2. The van der Waals surface area contributed by atoms with Crippen molar-refractivity contribution in [3.05, 3.63) is 62.6 Å². The molecule has 0 amide bonds. The predicted octanol–water partition coefficient (Wildman–Crippen LogP) is 29.0. The fourth-order valence-corrected chi connectivity index (χ4v) is 12.2. The number of ketones is 1. The van der Waals surface area contributed by atoms with E-state index in [1.165, 1.54) is 282 Å². The Bertz CT molecular complexity index is 1410. The Morgan fingerprint density at radius 3 is 1.28 bits per heavy atom. The number of Topliss-reactive ketones (excluding diaryl/α,β-unsaturated/α-hetero) is 1. The Balaban J connectivity index is -0.000000236. The highest BCUT2D eigenvalue weighted by atomic mass is 16.5. The van der Waals surface area contributed by atoms with Gasteiger partial charge in [-0.2, -0.15) is 0 Å². The largest absolute Gasteiger partial charge is 0.502 e. The molecule has 3 unspecified atom stereocenters. The van der Waals surface area contributed by atoms with E-state index in [-0.39, 0.29) is 0 Å². The standard InChI is InChI=1S/C20H39NO.2C11H22.C10H18O.C9H16O.C7H12O.C7H14O.2C5H12.C2H6/c1-7-19(4)21(16-12-8-10-14-18(2)3)17-13-9-11-15-20(5)22-6;2*1-2-3-5-8-11-9-6-4-7-10-11;1-4-7-8-10(5-2)9-11-6-3;1-2-9(10)8-6-4-3-5-7-8;8-6-7-4-2-1-3-5-7;1-4-7(5-2)6-8-3;2*1-3-5-4-2;1-2/h19H,2,5,7-17H2,1,3-4,6H3;2*11H,2-10H2,1H3;4,6,10H,1,3,5,7-9H2,2H3;8H,2-7H2,1H3;6-7H,1-5H2;4,7H,1,5-6H2,2-3H3;2*3-5H2,1-2H3;1-2H3. The highest BCUT2D eigenvalue weighted by Crippen LogP contribution is 2.29. The number of carbonyl (C=O) groups is 2. The lowest BCUT2D eigenvalue weighted by Crippen LogP contribution is -2.34. The molecule has 6 heteroatoms. The van der Waals surface area contributed by atoms with Gasteiger partial charge in [0.15, 0.2) is 0 Å². The highest BCUT2D eigenvalue weighted by Gasteiger charge is 2.19. The topological polar surface area (TPSA) is 65.1 Å². The van der Waals surface area contributed by atoms with Crippen molar-refractivity contribution < 1.29 is 23.8 Å². The smallest absolute Gasteiger partial charge is 0.135 e. The summed E-state index contributed by atoms with van der Waals surface area (Å²) < 4.78 is 15.1. The second-order valence-electron chi connectivity index (χ2n) is 27.5. The van der Waals surface area contributed by atoms with Gasteiger partial charge in [-0.15, -0.1) is 19.7 Å². The van der Waals surface area contributed by atoms with E-state index in [9.17, 15) is 9.59 Å². The SMILES string of the molecule is C=C(C)CCCCCN(CCCCCC(=C)OC)C(C)CC.C=CC(CC)COC.C=CCCC(CC)COC=C.CC.CCC(=O)C1CCCCC1.CCCCC.CCCCC.CCCCCC1CCCCC1.CCCCCC1CCCCC1.O=CC1CCCCC1. The second kappa shape index (κ2) is 87.6. The molecule has 0 aromatic carbocycles. The number of ether oxygens (including phenoxy) is 3. The monoisotopic (exact) mass is 1310 g/mol. The molecule has 0 aliphatic heterocycles. The fraction of sp³-hybridized carbons (Fsp3) is 0.862. The van der Waals surface area contributed by atoms with Gasteiger partial charge in [-0.25, -0.2) is 0 Å². The van der Waals surface area contributed by atoms with Gasteiger partial charge in [0.25, 0.3) is 0 Å². The van der Waals surface area contributed by atoms with Crippen LogP contribution in [-0.4, -0.2) is 63.5 Å². The van der Waals surface area contributed by atoms with E-state index in [4.69, 9.17) is 14.2 Å². The summed E-state index contributed by atoms with van der Waals surface area (Å²) in [6, 6.07) is 0.704. The molecule has 0 heterocycles. The number of methoxy groups -OCH3 is 2. The number of rotatable bonds is 41. The van der Waals surface area contributed by atoms with Crippen LogP contribution in [0, 0.1) is 35.5 Å². The van der Waals surface area contributed by atoms with E-state index in [0.29, 0.717) is 35.5 Å². The van der Waals surface area contributed by atoms with Gasteiger partial charge in [0.2, 0.25) is 0 Å². The molecule has 3 atom stereocenters. The minimum atomic E-state index is 0.406. The Hall–Kier alpha value is -2.44. The molecule has 4 rings (SSSR count). The zero-order valence-electron chi connectivity index (χ0n) is 66.6. The van der Waals surface area contributed by atoms with Crippen molar-refractivity contribution >= 4 is 12.1 Å². The van der Waals surface area contributed by atoms with Crippen LogP contribution >= 0.6 is 0 Å². The molecular weight excluding hydrogens is 1140 g/mol. The third-order valence-electron chi connectivity index (χ3n) is 19.0. The number of unbranched alkanes of at least 4 members (excludes halogenated alkanes) is 12. The number of aldehydes is 1. The first kappa shape index (κ1) is 102. The van der Waals surface area contributed by atoms with Crippen LogP contribution in [0.5, 0.6) is 0 Å². The Morgan fingerprint density at radius 1 is 0.527 bits per heavy atom. The Labute approximate surface area is 587 Å². The average Bonchev–Trinajstić information content (AvgIpc) is 3.81. The fourth-order valence-electron chi connectivity index (χ4n) is 12.2. The van der Waals surface area contributed by atoms with Gasteiger partial charge in [-0.3, -0.25) is 4.79 Å².